The Labute approximate surface area is 101 Å². The van der Waals surface area contributed by atoms with Crippen molar-refractivity contribution in [2.75, 3.05) is 11.1 Å². The van der Waals surface area contributed by atoms with Gasteiger partial charge in [-0.3, -0.25) is 0 Å². The summed E-state index contributed by atoms with van der Waals surface area (Å²) in [4.78, 5) is 0. The van der Waals surface area contributed by atoms with Gasteiger partial charge in [0.2, 0.25) is 0 Å². The van der Waals surface area contributed by atoms with Gasteiger partial charge in [-0.1, -0.05) is 18.2 Å². The van der Waals surface area contributed by atoms with Gasteiger partial charge in [-0.15, -0.1) is 0 Å². The van der Waals surface area contributed by atoms with Gasteiger partial charge in [-0.25, -0.2) is 0 Å². The molecule has 3 N–H and O–H groups in total. The molecule has 2 aromatic carbocycles. The molecule has 0 spiro atoms. The molecule has 0 saturated carbocycles. The maximum Gasteiger partial charge on any atom is 0.101 e. The molecule has 0 bridgehead atoms. The number of para-hydroxylation sites is 1. The average molecular weight is 223 g/mol. The quantitative estimate of drug-likeness (QED) is 0.768. The van der Waals surface area contributed by atoms with Crippen LogP contribution in [0.15, 0.2) is 42.5 Å². The molecule has 0 fully saturated rings. The Balaban J connectivity index is 2.35. The SMILES string of the molecule is Cc1ccc(Nc2ccccc2C#N)c(N)c1. The van der Waals surface area contributed by atoms with Crippen LogP contribution >= 0.6 is 0 Å². The van der Waals surface area contributed by atoms with Crippen LogP contribution in [0.1, 0.15) is 11.1 Å². The fraction of sp³-hybridized carbons (Fsp3) is 0.0714. The predicted molar refractivity (Wildman–Crippen MR) is 70.0 cm³/mol. The summed E-state index contributed by atoms with van der Waals surface area (Å²) in [6, 6.07) is 15.3. The summed E-state index contributed by atoms with van der Waals surface area (Å²) >= 11 is 0. The highest BCUT2D eigenvalue weighted by atomic mass is 14.9. The van der Waals surface area contributed by atoms with E-state index in [1.54, 1.807) is 6.07 Å². The normalized spacial score (nSPS) is 9.65. The van der Waals surface area contributed by atoms with Crippen molar-refractivity contribution >= 4 is 17.1 Å². The first kappa shape index (κ1) is 11.0. The average Bonchev–Trinajstić information content (AvgIpc) is 2.33. The number of aryl methyl sites for hydroxylation is 1. The molecule has 2 rings (SSSR count). The predicted octanol–water partition coefficient (Wildman–Crippen LogP) is 3.19. The Morgan fingerprint density at radius 1 is 1.12 bits per heavy atom. The van der Waals surface area contributed by atoms with Crippen molar-refractivity contribution in [1.29, 1.82) is 5.26 Å². The Hall–Kier alpha value is -2.47. The molecule has 3 heteroatoms. The van der Waals surface area contributed by atoms with E-state index in [4.69, 9.17) is 11.0 Å². The Kier molecular flexibility index (Phi) is 2.97. The molecule has 0 aliphatic rings. The number of hydrogen-bond acceptors (Lipinski definition) is 3. The fourth-order valence-electron chi connectivity index (χ4n) is 1.63. The second kappa shape index (κ2) is 4.58. The molecule has 0 aromatic heterocycles. The van der Waals surface area contributed by atoms with E-state index in [0.29, 0.717) is 11.3 Å². The van der Waals surface area contributed by atoms with Crippen LogP contribution in [-0.2, 0) is 0 Å². The molecule has 0 radical (unpaired) electrons. The number of anilines is 3. The zero-order valence-electron chi connectivity index (χ0n) is 9.57. The van der Waals surface area contributed by atoms with Gasteiger partial charge >= 0.3 is 0 Å². The lowest BCUT2D eigenvalue weighted by molar-refractivity contribution is 1.44. The summed E-state index contributed by atoms with van der Waals surface area (Å²) in [5.41, 5.74) is 9.90. The first-order chi connectivity index (χ1) is 8.20. The minimum Gasteiger partial charge on any atom is -0.397 e. The smallest absolute Gasteiger partial charge is 0.101 e. The van der Waals surface area contributed by atoms with Crippen molar-refractivity contribution in [3.8, 4) is 6.07 Å². The number of nitrogen functional groups attached to an aromatic ring is 1. The summed E-state index contributed by atoms with van der Waals surface area (Å²) in [7, 11) is 0. The van der Waals surface area contributed by atoms with Gasteiger partial charge in [0.05, 0.1) is 22.6 Å². The van der Waals surface area contributed by atoms with Crippen LogP contribution in [0.4, 0.5) is 17.1 Å². The van der Waals surface area contributed by atoms with E-state index in [9.17, 15) is 0 Å². The third-order valence-corrected chi connectivity index (χ3v) is 2.52. The van der Waals surface area contributed by atoms with Crippen LogP contribution in [0.5, 0.6) is 0 Å². The molecule has 0 unspecified atom stereocenters. The Bertz CT molecular complexity index is 582. The molecule has 3 nitrogen and oxygen atoms in total. The topological polar surface area (TPSA) is 61.8 Å². The van der Waals surface area contributed by atoms with Crippen molar-refractivity contribution in [3.05, 3.63) is 53.6 Å². The Morgan fingerprint density at radius 3 is 2.59 bits per heavy atom. The van der Waals surface area contributed by atoms with Crippen molar-refractivity contribution in [1.82, 2.24) is 0 Å². The molecule has 0 saturated heterocycles. The lowest BCUT2D eigenvalue weighted by Crippen LogP contribution is -1.98. The van der Waals surface area contributed by atoms with Crippen LogP contribution in [0, 0.1) is 18.3 Å². The van der Waals surface area contributed by atoms with E-state index in [2.05, 4.69) is 11.4 Å². The summed E-state index contributed by atoms with van der Waals surface area (Å²) < 4.78 is 0. The van der Waals surface area contributed by atoms with E-state index < -0.39 is 0 Å². The maximum absolute atomic E-state index is 8.99. The standard InChI is InChI=1S/C14H13N3/c1-10-6-7-14(12(16)8-10)17-13-5-3-2-4-11(13)9-15/h2-8,17H,16H2,1H3. The zero-order valence-corrected chi connectivity index (χ0v) is 9.57. The monoisotopic (exact) mass is 223 g/mol. The van der Waals surface area contributed by atoms with E-state index in [1.165, 1.54) is 0 Å². The second-order valence-electron chi connectivity index (χ2n) is 3.87. The van der Waals surface area contributed by atoms with E-state index >= 15 is 0 Å². The van der Waals surface area contributed by atoms with Gasteiger partial charge in [0.15, 0.2) is 0 Å². The lowest BCUT2D eigenvalue weighted by atomic mass is 10.1. The number of hydrogen-bond donors (Lipinski definition) is 2. The van der Waals surface area contributed by atoms with E-state index in [-0.39, 0.29) is 0 Å². The van der Waals surface area contributed by atoms with Crippen molar-refractivity contribution in [3.63, 3.8) is 0 Å². The van der Waals surface area contributed by atoms with Crippen molar-refractivity contribution in [2.24, 2.45) is 0 Å². The number of nitriles is 1. The maximum atomic E-state index is 8.99. The van der Waals surface area contributed by atoms with Crippen molar-refractivity contribution < 1.29 is 0 Å². The van der Waals surface area contributed by atoms with Crippen LogP contribution in [0.25, 0.3) is 0 Å². The second-order valence-corrected chi connectivity index (χ2v) is 3.87. The first-order valence-electron chi connectivity index (χ1n) is 5.33. The number of nitrogens with two attached hydrogens (primary N) is 1. The summed E-state index contributed by atoms with van der Waals surface area (Å²) in [6.07, 6.45) is 0. The summed E-state index contributed by atoms with van der Waals surface area (Å²) in [5, 5.41) is 12.2. The molecule has 84 valence electrons. The fourth-order valence-corrected chi connectivity index (χ4v) is 1.63. The van der Waals surface area contributed by atoms with E-state index in [0.717, 1.165) is 16.9 Å². The van der Waals surface area contributed by atoms with Crippen LogP contribution in [0.2, 0.25) is 0 Å². The molecule has 17 heavy (non-hydrogen) atoms. The van der Waals surface area contributed by atoms with E-state index in [1.807, 2.05) is 43.3 Å². The van der Waals surface area contributed by atoms with Crippen molar-refractivity contribution in [2.45, 2.75) is 6.92 Å². The van der Waals surface area contributed by atoms with Gasteiger partial charge in [0, 0.05) is 0 Å². The number of nitrogens with zero attached hydrogens (tertiary/aromatic N) is 1. The number of rotatable bonds is 2. The minimum atomic E-state index is 0.604. The number of nitrogens with one attached hydrogen (secondary N) is 1. The highest BCUT2D eigenvalue weighted by molar-refractivity contribution is 5.75. The van der Waals surface area contributed by atoms with Crippen LogP contribution < -0.4 is 11.1 Å². The minimum absolute atomic E-state index is 0.604. The third kappa shape index (κ3) is 2.37. The third-order valence-electron chi connectivity index (χ3n) is 2.52. The molecule has 0 atom stereocenters. The largest absolute Gasteiger partial charge is 0.397 e. The van der Waals surface area contributed by atoms with Gasteiger partial charge in [0.1, 0.15) is 6.07 Å². The zero-order chi connectivity index (χ0) is 12.3. The summed E-state index contributed by atoms with van der Waals surface area (Å²) in [6.45, 7) is 1.99. The first-order valence-corrected chi connectivity index (χ1v) is 5.33. The van der Waals surface area contributed by atoms with Crippen LogP contribution in [0.3, 0.4) is 0 Å². The summed E-state index contributed by atoms with van der Waals surface area (Å²) in [5.74, 6) is 0. The Morgan fingerprint density at radius 2 is 1.88 bits per heavy atom. The van der Waals surface area contributed by atoms with Gasteiger partial charge in [-0.05, 0) is 36.8 Å². The molecular formula is C14H13N3. The highest BCUT2D eigenvalue weighted by Crippen LogP contribution is 2.25. The molecule has 2 aromatic rings. The molecule has 0 amide bonds. The van der Waals surface area contributed by atoms with Gasteiger partial charge < -0.3 is 11.1 Å². The van der Waals surface area contributed by atoms with Crippen LogP contribution in [-0.4, -0.2) is 0 Å². The van der Waals surface area contributed by atoms with Gasteiger partial charge in [0.25, 0.3) is 0 Å². The highest BCUT2D eigenvalue weighted by Gasteiger charge is 2.03. The van der Waals surface area contributed by atoms with Gasteiger partial charge in [-0.2, -0.15) is 5.26 Å². The lowest BCUT2D eigenvalue weighted by Gasteiger charge is -2.11. The molecular weight excluding hydrogens is 210 g/mol. The molecule has 0 heterocycles. The number of benzene rings is 2. The molecule has 0 aliphatic heterocycles. The molecule has 0 aliphatic carbocycles.